The van der Waals surface area contributed by atoms with Crippen molar-refractivity contribution in [3.05, 3.63) is 42.1 Å². The van der Waals surface area contributed by atoms with Crippen molar-refractivity contribution in [3.63, 3.8) is 0 Å². The maximum absolute atomic E-state index is 5.18. The summed E-state index contributed by atoms with van der Waals surface area (Å²) in [6.07, 6.45) is 3.40. The smallest absolute Gasteiger partial charge is 0.00564 e. The first-order chi connectivity index (χ1) is 4.43. The molecule has 1 rings (SSSR count). The molecule has 0 radical (unpaired) electrons. The summed E-state index contributed by atoms with van der Waals surface area (Å²) in [5.41, 5.74) is 6.32. The van der Waals surface area contributed by atoms with Gasteiger partial charge in [-0.1, -0.05) is 30.3 Å². The molecule has 0 bridgehead atoms. The zero-order chi connectivity index (χ0) is 6.53. The van der Waals surface area contributed by atoms with Crippen molar-refractivity contribution in [2.75, 3.05) is 0 Å². The lowest BCUT2D eigenvalue weighted by atomic mass is 10.2. The second-order valence-electron chi connectivity index (χ2n) is 1.77. The van der Waals surface area contributed by atoms with Gasteiger partial charge in [-0.3, -0.25) is 0 Å². The fraction of sp³-hybridized carbons (Fsp3) is 0. The minimum atomic E-state index is 0. The molecular weight excluding hydrogens is 138 g/mol. The predicted molar refractivity (Wildman–Crippen MR) is 51.0 cm³/mol. The van der Waals surface area contributed by atoms with Crippen LogP contribution in [0.3, 0.4) is 0 Å². The van der Waals surface area contributed by atoms with E-state index in [9.17, 15) is 0 Å². The maximum atomic E-state index is 5.18. The number of benzene rings is 1. The molecule has 0 saturated carbocycles. The van der Waals surface area contributed by atoms with Crippen LogP contribution in [-0.2, 0) is 0 Å². The van der Waals surface area contributed by atoms with E-state index in [1.807, 2.05) is 36.4 Å². The van der Waals surface area contributed by atoms with E-state index in [0.717, 1.165) is 5.56 Å². The van der Waals surface area contributed by atoms with E-state index in [1.165, 1.54) is 6.20 Å². The minimum absolute atomic E-state index is 0. The molecule has 1 nitrogen and oxygen atoms in total. The quantitative estimate of drug-likeness (QED) is 0.569. The van der Waals surface area contributed by atoms with Gasteiger partial charge in [0, 0.05) is 0 Å². The van der Waals surface area contributed by atoms with Crippen LogP contribution in [-0.4, -0.2) is 11.0 Å². The lowest BCUT2D eigenvalue weighted by molar-refractivity contribution is 1.60. The van der Waals surface area contributed by atoms with Crippen molar-refractivity contribution < 1.29 is 0 Å². The Bertz CT molecular complexity index is 194. The zero-order valence-electron chi connectivity index (χ0n) is 5.12. The molecule has 0 unspecified atom stereocenters. The van der Waals surface area contributed by atoms with Crippen LogP contribution in [0.15, 0.2) is 36.5 Å². The number of hydrogen-bond donors (Lipinski definition) is 1. The van der Waals surface area contributed by atoms with Crippen LogP contribution in [0.2, 0.25) is 0 Å². The summed E-state index contributed by atoms with van der Waals surface area (Å²) in [7, 11) is 0. The molecule has 2 heteroatoms. The molecule has 0 fully saturated rings. The third-order valence-electron chi connectivity index (χ3n) is 1.09. The number of nitrogens with two attached hydrogens (primary N) is 1. The van der Waals surface area contributed by atoms with Crippen LogP contribution in [0.25, 0.3) is 6.08 Å². The van der Waals surface area contributed by atoms with Crippen molar-refractivity contribution in [2.45, 2.75) is 0 Å². The fourth-order valence-electron chi connectivity index (χ4n) is 0.675. The van der Waals surface area contributed by atoms with Gasteiger partial charge in [0.05, 0.1) is 0 Å². The molecule has 2 N–H and O–H groups in total. The Morgan fingerprint density at radius 1 is 1.10 bits per heavy atom. The summed E-state index contributed by atoms with van der Waals surface area (Å²) in [6, 6.07) is 9.95. The lowest BCUT2D eigenvalue weighted by Crippen LogP contribution is -1.75. The van der Waals surface area contributed by atoms with Crippen LogP contribution in [0, 0.1) is 0 Å². The van der Waals surface area contributed by atoms with Crippen LogP contribution < -0.4 is 5.73 Å². The van der Waals surface area contributed by atoms with E-state index in [0.29, 0.717) is 0 Å². The standard InChI is InChI=1S/C8H9N.H4Si/c9-7-6-8-4-2-1-3-5-8;/h1-7H,9H2;1H4/b7-6+;. The van der Waals surface area contributed by atoms with Crippen molar-refractivity contribution in [2.24, 2.45) is 5.73 Å². The molecule has 0 spiro atoms. The first-order valence-corrected chi connectivity index (χ1v) is 2.87. The highest BCUT2D eigenvalue weighted by atomic mass is 28.1. The van der Waals surface area contributed by atoms with Crippen LogP contribution in [0.4, 0.5) is 0 Å². The Balaban J connectivity index is 0.000000810. The Labute approximate surface area is 65.6 Å². The molecule has 1 aromatic rings. The second kappa shape index (κ2) is 4.82. The summed E-state index contributed by atoms with van der Waals surface area (Å²) in [6.45, 7) is 0. The van der Waals surface area contributed by atoms with Crippen LogP contribution in [0.1, 0.15) is 5.56 Å². The SMILES string of the molecule is N/C=C/c1ccccc1.[SiH4]. The van der Waals surface area contributed by atoms with Gasteiger partial charge in [0.25, 0.3) is 0 Å². The van der Waals surface area contributed by atoms with Crippen molar-refractivity contribution in [1.82, 2.24) is 0 Å². The highest BCUT2D eigenvalue weighted by Gasteiger charge is 1.77. The van der Waals surface area contributed by atoms with Gasteiger partial charge < -0.3 is 5.73 Å². The van der Waals surface area contributed by atoms with E-state index in [4.69, 9.17) is 5.73 Å². The Kier molecular flexibility index (Phi) is 4.33. The normalized spacial score (nSPS) is 9.20. The molecule has 0 aliphatic heterocycles. The average Bonchev–Trinajstić information content (AvgIpc) is 1.91. The molecule has 0 aliphatic rings. The van der Waals surface area contributed by atoms with Crippen molar-refractivity contribution in [1.29, 1.82) is 0 Å². The first-order valence-electron chi connectivity index (χ1n) is 2.87. The summed E-state index contributed by atoms with van der Waals surface area (Å²) in [4.78, 5) is 0. The summed E-state index contributed by atoms with van der Waals surface area (Å²) >= 11 is 0. The summed E-state index contributed by atoms with van der Waals surface area (Å²) in [5.74, 6) is 0. The number of hydrogen-bond acceptors (Lipinski definition) is 1. The Hall–Kier alpha value is -1.02. The second-order valence-corrected chi connectivity index (χ2v) is 1.77. The Morgan fingerprint density at radius 3 is 2.20 bits per heavy atom. The minimum Gasteiger partial charge on any atom is -0.405 e. The Morgan fingerprint density at radius 2 is 1.70 bits per heavy atom. The van der Waals surface area contributed by atoms with Crippen molar-refractivity contribution >= 4 is 17.0 Å². The molecule has 0 aromatic heterocycles. The fourth-order valence-corrected chi connectivity index (χ4v) is 0.675. The van der Waals surface area contributed by atoms with Gasteiger partial charge in [-0.05, 0) is 28.8 Å². The number of rotatable bonds is 1. The van der Waals surface area contributed by atoms with E-state index in [-0.39, 0.29) is 11.0 Å². The van der Waals surface area contributed by atoms with Gasteiger partial charge in [-0.2, -0.15) is 0 Å². The van der Waals surface area contributed by atoms with Gasteiger partial charge in [0.1, 0.15) is 0 Å². The first kappa shape index (κ1) is 8.98. The topological polar surface area (TPSA) is 26.0 Å². The molecule has 1 aromatic carbocycles. The van der Waals surface area contributed by atoms with Gasteiger partial charge in [-0.25, -0.2) is 0 Å². The van der Waals surface area contributed by atoms with Gasteiger partial charge in [0.15, 0.2) is 0 Å². The molecular formula is C8H13NSi. The summed E-state index contributed by atoms with van der Waals surface area (Å²) < 4.78 is 0. The molecule has 0 saturated heterocycles. The molecule has 54 valence electrons. The molecule has 0 aliphatic carbocycles. The molecule has 0 atom stereocenters. The zero-order valence-corrected chi connectivity index (χ0v) is 5.12. The third-order valence-corrected chi connectivity index (χ3v) is 1.09. The predicted octanol–water partition coefficient (Wildman–Crippen LogP) is 0.164. The van der Waals surface area contributed by atoms with E-state index >= 15 is 0 Å². The average molecular weight is 151 g/mol. The van der Waals surface area contributed by atoms with Gasteiger partial charge >= 0.3 is 0 Å². The monoisotopic (exact) mass is 151 g/mol. The largest absolute Gasteiger partial charge is 0.405 e. The lowest BCUT2D eigenvalue weighted by Gasteiger charge is -1.86. The maximum Gasteiger partial charge on any atom is -0.00564 e. The van der Waals surface area contributed by atoms with E-state index in [2.05, 4.69) is 0 Å². The molecule has 0 heterocycles. The van der Waals surface area contributed by atoms with Crippen LogP contribution in [0.5, 0.6) is 0 Å². The molecule has 10 heavy (non-hydrogen) atoms. The molecule has 0 amide bonds. The van der Waals surface area contributed by atoms with E-state index in [1.54, 1.807) is 0 Å². The van der Waals surface area contributed by atoms with E-state index < -0.39 is 0 Å². The third kappa shape index (κ3) is 2.50. The highest BCUT2D eigenvalue weighted by molar-refractivity contribution is 5.75. The van der Waals surface area contributed by atoms with Gasteiger partial charge in [-0.15, -0.1) is 0 Å². The van der Waals surface area contributed by atoms with Crippen LogP contribution >= 0.6 is 0 Å². The van der Waals surface area contributed by atoms with Crippen molar-refractivity contribution in [3.8, 4) is 0 Å². The summed E-state index contributed by atoms with van der Waals surface area (Å²) in [5, 5.41) is 0. The van der Waals surface area contributed by atoms with Gasteiger partial charge in [0.2, 0.25) is 0 Å². The highest BCUT2D eigenvalue weighted by Crippen LogP contribution is 1.98.